The number of rotatable bonds is 6. The first-order valence-electron chi connectivity index (χ1n) is 11.7. The van der Waals surface area contributed by atoms with Crippen LogP contribution < -0.4 is 10.2 Å². The van der Waals surface area contributed by atoms with Crippen molar-refractivity contribution >= 4 is 28.9 Å². The van der Waals surface area contributed by atoms with Gasteiger partial charge in [0.25, 0.3) is 6.43 Å². The molecule has 2 aliphatic heterocycles. The smallest absolute Gasteiger partial charge is 0.409 e. The van der Waals surface area contributed by atoms with Gasteiger partial charge >= 0.3 is 6.09 Å². The van der Waals surface area contributed by atoms with E-state index in [-0.39, 0.29) is 18.0 Å². The fourth-order valence-electron chi connectivity index (χ4n) is 4.43. The summed E-state index contributed by atoms with van der Waals surface area (Å²) in [5.41, 5.74) is 0.999. The van der Waals surface area contributed by atoms with E-state index in [0.29, 0.717) is 81.0 Å². The standard InChI is InChI=1S/C23H27F2N7O3/c1-2-35-23(33)31-8-7-15(14-31)26-22-28-18(30-9-11-34-12-10-30)13-19(29-22)32-17-6-4-3-5-16(17)27-21(32)20(24)25/h3-6,13,15,20H,2,7-12,14H2,1H3,(H,26,28,29)/t15-/m0/s1. The Bertz CT molecular complexity index is 1200. The first-order valence-corrected chi connectivity index (χ1v) is 11.7. The van der Waals surface area contributed by atoms with Crippen molar-refractivity contribution < 1.29 is 23.0 Å². The molecule has 4 heterocycles. The third kappa shape index (κ3) is 4.83. The van der Waals surface area contributed by atoms with E-state index in [1.807, 2.05) is 4.90 Å². The molecule has 0 radical (unpaired) electrons. The number of benzene rings is 1. The highest BCUT2D eigenvalue weighted by atomic mass is 19.3. The number of imidazole rings is 1. The van der Waals surface area contributed by atoms with Crippen LogP contribution >= 0.6 is 0 Å². The number of hydrogen-bond acceptors (Lipinski definition) is 8. The number of anilines is 2. The Labute approximate surface area is 200 Å². The van der Waals surface area contributed by atoms with Crippen LogP contribution in [0.3, 0.4) is 0 Å². The number of nitrogens with one attached hydrogen (secondary N) is 1. The Morgan fingerprint density at radius 2 is 1.94 bits per heavy atom. The van der Waals surface area contributed by atoms with Crippen LogP contribution in [0, 0.1) is 0 Å². The van der Waals surface area contributed by atoms with Gasteiger partial charge in [0.05, 0.1) is 30.9 Å². The summed E-state index contributed by atoms with van der Waals surface area (Å²) in [5.74, 6) is 0.836. The number of fused-ring (bicyclic) bond motifs is 1. The predicted molar refractivity (Wildman–Crippen MR) is 125 cm³/mol. The molecule has 1 amide bonds. The fourth-order valence-corrected chi connectivity index (χ4v) is 4.43. The van der Waals surface area contributed by atoms with Crippen LogP contribution in [0.15, 0.2) is 30.3 Å². The van der Waals surface area contributed by atoms with Crippen molar-refractivity contribution in [1.29, 1.82) is 0 Å². The maximum atomic E-state index is 14.0. The lowest BCUT2D eigenvalue weighted by atomic mass is 10.3. The van der Waals surface area contributed by atoms with Crippen LogP contribution in [0.2, 0.25) is 0 Å². The molecule has 12 heteroatoms. The summed E-state index contributed by atoms with van der Waals surface area (Å²) in [7, 11) is 0. The number of halogens is 2. The minimum atomic E-state index is -2.78. The summed E-state index contributed by atoms with van der Waals surface area (Å²) in [5, 5.41) is 3.30. The molecule has 0 aliphatic carbocycles. The van der Waals surface area contributed by atoms with Crippen molar-refractivity contribution in [2.75, 3.05) is 56.2 Å². The monoisotopic (exact) mass is 487 g/mol. The van der Waals surface area contributed by atoms with Crippen molar-refractivity contribution in [2.24, 2.45) is 0 Å². The number of carbonyl (C=O) groups is 1. The normalized spacial score (nSPS) is 18.5. The lowest BCUT2D eigenvalue weighted by Gasteiger charge is -2.28. The van der Waals surface area contributed by atoms with Gasteiger partial charge in [0.15, 0.2) is 5.82 Å². The summed E-state index contributed by atoms with van der Waals surface area (Å²) in [6.45, 7) is 5.43. The number of morpholine rings is 1. The van der Waals surface area contributed by atoms with Gasteiger partial charge in [-0.05, 0) is 25.5 Å². The van der Waals surface area contributed by atoms with E-state index in [4.69, 9.17) is 9.47 Å². The molecule has 186 valence electrons. The van der Waals surface area contributed by atoms with Gasteiger partial charge in [-0.1, -0.05) is 12.1 Å². The average Bonchev–Trinajstić information content (AvgIpc) is 3.49. The molecule has 2 aromatic heterocycles. The topological polar surface area (TPSA) is 97.6 Å². The molecule has 0 saturated carbocycles. The number of para-hydroxylation sites is 2. The Morgan fingerprint density at radius 1 is 1.17 bits per heavy atom. The van der Waals surface area contributed by atoms with E-state index in [2.05, 4.69) is 20.3 Å². The van der Waals surface area contributed by atoms with Gasteiger partial charge in [0, 0.05) is 38.3 Å². The molecule has 1 N–H and O–H groups in total. The minimum absolute atomic E-state index is 0.0960. The van der Waals surface area contributed by atoms with Crippen LogP contribution in [-0.2, 0) is 9.47 Å². The maximum absolute atomic E-state index is 14.0. The minimum Gasteiger partial charge on any atom is -0.450 e. The highest BCUT2D eigenvalue weighted by Crippen LogP contribution is 2.29. The second-order valence-electron chi connectivity index (χ2n) is 8.38. The van der Waals surface area contributed by atoms with Crippen LogP contribution in [0.25, 0.3) is 16.9 Å². The number of aromatic nitrogens is 4. The van der Waals surface area contributed by atoms with Gasteiger partial charge in [-0.3, -0.25) is 4.57 Å². The van der Waals surface area contributed by atoms with Gasteiger partial charge < -0.3 is 24.6 Å². The maximum Gasteiger partial charge on any atom is 0.409 e. The molecule has 1 atom stereocenters. The molecule has 0 unspecified atom stereocenters. The number of ether oxygens (including phenoxy) is 2. The van der Waals surface area contributed by atoms with E-state index in [9.17, 15) is 13.6 Å². The van der Waals surface area contributed by atoms with Crippen LogP contribution in [0.1, 0.15) is 25.6 Å². The van der Waals surface area contributed by atoms with Gasteiger partial charge in [0.2, 0.25) is 5.95 Å². The molecule has 2 saturated heterocycles. The van der Waals surface area contributed by atoms with Crippen LogP contribution in [-0.4, -0.2) is 82.6 Å². The third-order valence-corrected chi connectivity index (χ3v) is 6.09. The largest absolute Gasteiger partial charge is 0.450 e. The number of nitrogens with zero attached hydrogens (tertiary/aromatic N) is 6. The zero-order valence-corrected chi connectivity index (χ0v) is 19.4. The molecule has 2 aliphatic rings. The van der Waals surface area contributed by atoms with Crippen molar-refractivity contribution in [2.45, 2.75) is 25.8 Å². The summed E-state index contributed by atoms with van der Waals surface area (Å²) in [6, 6.07) is 8.59. The van der Waals surface area contributed by atoms with Crippen molar-refractivity contribution in [1.82, 2.24) is 24.4 Å². The summed E-state index contributed by atoms with van der Waals surface area (Å²) in [6.07, 6.45) is -2.45. The van der Waals surface area contributed by atoms with Crippen LogP contribution in [0.4, 0.5) is 25.3 Å². The SMILES string of the molecule is CCOC(=O)N1CC[C@H](Nc2nc(N3CCOCC3)cc(-n3c(C(F)F)nc4ccccc43)n2)C1. The number of likely N-dealkylation sites (tertiary alicyclic amines) is 1. The van der Waals surface area contributed by atoms with Gasteiger partial charge in [-0.25, -0.2) is 18.6 Å². The number of carbonyl (C=O) groups excluding carboxylic acids is 1. The van der Waals surface area contributed by atoms with Crippen molar-refractivity contribution in [3.05, 3.63) is 36.2 Å². The molecular formula is C23H27F2N7O3. The Balaban J connectivity index is 1.52. The van der Waals surface area contributed by atoms with Gasteiger partial charge in [-0.15, -0.1) is 0 Å². The number of amides is 1. The molecule has 35 heavy (non-hydrogen) atoms. The lowest BCUT2D eigenvalue weighted by Crippen LogP contribution is -2.37. The Morgan fingerprint density at radius 3 is 2.71 bits per heavy atom. The number of hydrogen-bond donors (Lipinski definition) is 1. The van der Waals surface area contributed by atoms with Gasteiger partial charge in [0.1, 0.15) is 11.6 Å². The average molecular weight is 488 g/mol. The van der Waals surface area contributed by atoms with E-state index < -0.39 is 6.43 Å². The molecule has 3 aromatic rings. The third-order valence-electron chi connectivity index (χ3n) is 6.09. The second kappa shape index (κ2) is 9.98. The number of alkyl halides is 2. The second-order valence-corrected chi connectivity index (χ2v) is 8.38. The van der Waals surface area contributed by atoms with Gasteiger partial charge in [-0.2, -0.15) is 9.97 Å². The van der Waals surface area contributed by atoms with Crippen molar-refractivity contribution in [3.8, 4) is 5.82 Å². The van der Waals surface area contributed by atoms with E-state index in [0.717, 1.165) is 0 Å². The first kappa shape index (κ1) is 23.2. The summed E-state index contributed by atoms with van der Waals surface area (Å²) >= 11 is 0. The Hall–Kier alpha value is -3.54. The molecule has 1 aromatic carbocycles. The summed E-state index contributed by atoms with van der Waals surface area (Å²) < 4.78 is 39.9. The molecule has 2 fully saturated rings. The van der Waals surface area contributed by atoms with Crippen LogP contribution in [0.5, 0.6) is 0 Å². The lowest BCUT2D eigenvalue weighted by molar-refractivity contribution is 0.115. The molecule has 5 rings (SSSR count). The summed E-state index contributed by atoms with van der Waals surface area (Å²) in [4.78, 5) is 29.2. The quantitative estimate of drug-likeness (QED) is 0.566. The Kier molecular flexibility index (Phi) is 6.62. The molecule has 10 nitrogen and oxygen atoms in total. The van der Waals surface area contributed by atoms with E-state index >= 15 is 0 Å². The van der Waals surface area contributed by atoms with Crippen molar-refractivity contribution in [3.63, 3.8) is 0 Å². The van der Waals surface area contributed by atoms with E-state index in [1.165, 1.54) is 4.57 Å². The molecular weight excluding hydrogens is 460 g/mol. The highest BCUT2D eigenvalue weighted by Gasteiger charge is 2.29. The highest BCUT2D eigenvalue weighted by molar-refractivity contribution is 5.78. The fraction of sp³-hybridized carbons (Fsp3) is 0.478. The first-order chi connectivity index (χ1) is 17.0. The predicted octanol–water partition coefficient (Wildman–Crippen LogP) is 3.23. The zero-order valence-electron chi connectivity index (χ0n) is 19.4. The zero-order chi connectivity index (χ0) is 24.4. The van der Waals surface area contributed by atoms with E-state index in [1.54, 1.807) is 42.2 Å². The molecule has 0 spiro atoms. The molecule has 0 bridgehead atoms.